The Morgan fingerprint density at radius 3 is 2.41 bits per heavy atom. The van der Waals surface area contributed by atoms with Gasteiger partial charge in [-0.3, -0.25) is 24.6 Å². The van der Waals surface area contributed by atoms with Crippen molar-refractivity contribution in [1.82, 2.24) is 0 Å². The molecular formula is C15H11N3O4. The number of fused-ring (bicyclic) bond motifs is 1. The van der Waals surface area contributed by atoms with Crippen LogP contribution in [0.4, 0.5) is 17.1 Å². The molecule has 2 aromatic rings. The number of benzene rings is 2. The van der Waals surface area contributed by atoms with Crippen LogP contribution >= 0.6 is 0 Å². The number of nitrogens with zero attached hydrogens (tertiary/aromatic N) is 2. The molecule has 22 heavy (non-hydrogen) atoms. The first-order valence-electron chi connectivity index (χ1n) is 6.51. The molecule has 1 N–H and O–H groups in total. The fourth-order valence-electron chi connectivity index (χ4n) is 2.28. The number of para-hydroxylation sites is 1. The summed E-state index contributed by atoms with van der Waals surface area (Å²) in [6, 6.07) is 12.6. The molecule has 0 saturated carbocycles. The number of non-ortho nitro benzene ring substituents is 1. The molecule has 0 fully saturated rings. The molecule has 1 aliphatic rings. The SMILES string of the molecule is O=C1C(=O)N(CNc2ccc([N+](=O)[O-])cc2)c2ccccc21. The normalized spacial score (nSPS) is 13.2. The first-order chi connectivity index (χ1) is 10.6. The first kappa shape index (κ1) is 13.7. The van der Waals surface area contributed by atoms with Crippen LogP contribution in [-0.2, 0) is 4.79 Å². The maximum atomic E-state index is 12.0. The summed E-state index contributed by atoms with van der Waals surface area (Å²) in [6.07, 6.45) is 0. The minimum absolute atomic E-state index is 0.0108. The van der Waals surface area contributed by atoms with E-state index in [2.05, 4.69) is 5.32 Å². The van der Waals surface area contributed by atoms with Gasteiger partial charge in [0, 0.05) is 17.8 Å². The molecule has 0 spiro atoms. The van der Waals surface area contributed by atoms with E-state index in [1.165, 1.54) is 17.0 Å². The van der Waals surface area contributed by atoms with Crippen LogP contribution in [0, 0.1) is 10.1 Å². The fraction of sp³-hybridized carbons (Fsp3) is 0.0667. The van der Waals surface area contributed by atoms with Gasteiger partial charge in [-0.05, 0) is 24.3 Å². The molecule has 1 amide bonds. The van der Waals surface area contributed by atoms with Crippen molar-refractivity contribution in [3.63, 3.8) is 0 Å². The molecule has 2 aromatic carbocycles. The average molecular weight is 297 g/mol. The van der Waals surface area contributed by atoms with E-state index in [0.29, 0.717) is 16.9 Å². The molecule has 0 saturated heterocycles. The quantitative estimate of drug-likeness (QED) is 0.530. The number of Topliss-reactive ketones (excluding diaryl/α,β-unsaturated/α-hetero) is 1. The number of nitro groups is 1. The lowest BCUT2D eigenvalue weighted by molar-refractivity contribution is -0.384. The Bertz CT molecular complexity index is 771. The van der Waals surface area contributed by atoms with Crippen LogP contribution in [0.2, 0.25) is 0 Å². The molecule has 0 atom stereocenters. The van der Waals surface area contributed by atoms with Crippen LogP contribution < -0.4 is 10.2 Å². The Morgan fingerprint density at radius 1 is 1.05 bits per heavy atom. The van der Waals surface area contributed by atoms with Crippen molar-refractivity contribution < 1.29 is 14.5 Å². The van der Waals surface area contributed by atoms with Crippen LogP contribution in [0.1, 0.15) is 10.4 Å². The highest BCUT2D eigenvalue weighted by Gasteiger charge is 2.35. The lowest BCUT2D eigenvalue weighted by Crippen LogP contribution is -2.34. The van der Waals surface area contributed by atoms with Crippen molar-refractivity contribution in [2.75, 3.05) is 16.9 Å². The largest absolute Gasteiger partial charge is 0.367 e. The number of amides is 1. The second-order valence-electron chi connectivity index (χ2n) is 4.72. The van der Waals surface area contributed by atoms with Crippen molar-refractivity contribution >= 4 is 28.8 Å². The number of ketones is 1. The highest BCUT2D eigenvalue weighted by molar-refractivity contribution is 6.52. The molecular weight excluding hydrogens is 286 g/mol. The lowest BCUT2D eigenvalue weighted by Gasteiger charge is -2.17. The van der Waals surface area contributed by atoms with Gasteiger partial charge in [0.2, 0.25) is 0 Å². The Balaban J connectivity index is 1.75. The highest BCUT2D eigenvalue weighted by Crippen LogP contribution is 2.28. The number of carbonyl (C=O) groups is 2. The van der Waals surface area contributed by atoms with Gasteiger partial charge in [0.25, 0.3) is 11.5 Å². The third kappa shape index (κ3) is 2.28. The molecule has 7 nitrogen and oxygen atoms in total. The number of nitro benzene ring substituents is 1. The summed E-state index contributed by atoms with van der Waals surface area (Å²) >= 11 is 0. The van der Waals surface area contributed by atoms with Gasteiger partial charge >= 0.3 is 5.91 Å². The van der Waals surface area contributed by atoms with Gasteiger partial charge in [-0.15, -0.1) is 0 Å². The summed E-state index contributed by atoms with van der Waals surface area (Å²) in [7, 11) is 0. The second-order valence-corrected chi connectivity index (χ2v) is 4.72. The number of rotatable bonds is 4. The minimum atomic E-state index is -0.587. The van der Waals surface area contributed by atoms with Crippen LogP contribution in [0.3, 0.4) is 0 Å². The molecule has 1 aliphatic heterocycles. The van der Waals surface area contributed by atoms with E-state index in [0.717, 1.165) is 0 Å². The van der Waals surface area contributed by atoms with Gasteiger partial charge < -0.3 is 5.32 Å². The topological polar surface area (TPSA) is 92.6 Å². The molecule has 0 aromatic heterocycles. The molecule has 0 aliphatic carbocycles. The maximum Gasteiger partial charge on any atom is 0.300 e. The van der Waals surface area contributed by atoms with Crippen molar-refractivity contribution in [3.05, 3.63) is 64.2 Å². The van der Waals surface area contributed by atoms with Crippen molar-refractivity contribution in [1.29, 1.82) is 0 Å². The minimum Gasteiger partial charge on any atom is -0.367 e. The molecule has 0 radical (unpaired) electrons. The monoisotopic (exact) mass is 297 g/mol. The summed E-state index contributed by atoms with van der Waals surface area (Å²) in [5.41, 5.74) is 1.56. The molecule has 0 bridgehead atoms. The second kappa shape index (κ2) is 5.28. The maximum absolute atomic E-state index is 12.0. The number of hydrogen-bond acceptors (Lipinski definition) is 5. The summed E-state index contributed by atoms with van der Waals surface area (Å²) in [5, 5.41) is 13.6. The molecule has 7 heteroatoms. The standard InChI is InChI=1S/C15H11N3O4/c19-14-12-3-1-2-4-13(12)17(15(14)20)9-16-10-5-7-11(8-6-10)18(21)22/h1-8,16H,9H2. The summed E-state index contributed by atoms with van der Waals surface area (Å²) in [5.74, 6) is -1.11. The van der Waals surface area contributed by atoms with E-state index in [1.807, 2.05) is 0 Å². The van der Waals surface area contributed by atoms with E-state index >= 15 is 0 Å². The highest BCUT2D eigenvalue weighted by atomic mass is 16.6. The van der Waals surface area contributed by atoms with Crippen molar-refractivity contribution in [2.24, 2.45) is 0 Å². The number of hydrogen-bond donors (Lipinski definition) is 1. The smallest absolute Gasteiger partial charge is 0.300 e. The predicted molar refractivity (Wildman–Crippen MR) is 79.8 cm³/mol. The van der Waals surface area contributed by atoms with Gasteiger partial charge in [0.05, 0.1) is 22.8 Å². The zero-order chi connectivity index (χ0) is 15.7. The Kier molecular flexibility index (Phi) is 3.30. The zero-order valence-corrected chi connectivity index (χ0v) is 11.4. The zero-order valence-electron chi connectivity index (χ0n) is 11.4. The van der Waals surface area contributed by atoms with Crippen molar-refractivity contribution in [3.8, 4) is 0 Å². The van der Waals surface area contributed by atoms with Crippen LogP contribution in [0.25, 0.3) is 0 Å². The number of carbonyl (C=O) groups excluding carboxylic acids is 2. The van der Waals surface area contributed by atoms with E-state index < -0.39 is 16.6 Å². The number of anilines is 2. The summed E-state index contributed by atoms with van der Waals surface area (Å²) in [4.78, 5) is 35.3. The number of nitrogens with one attached hydrogen (secondary N) is 1. The van der Waals surface area contributed by atoms with Crippen LogP contribution in [-0.4, -0.2) is 23.3 Å². The van der Waals surface area contributed by atoms with Crippen LogP contribution in [0.15, 0.2) is 48.5 Å². The van der Waals surface area contributed by atoms with Crippen LogP contribution in [0.5, 0.6) is 0 Å². The van der Waals surface area contributed by atoms with E-state index in [1.54, 1.807) is 36.4 Å². The Labute approximate surface area is 125 Å². The molecule has 0 unspecified atom stereocenters. The predicted octanol–water partition coefficient (Wildman–Crippen LogP) is 2.19. The van der Waals surface area contributed by atoms with Gasteiger partial charge in [-0.25, -0.2) is 0 Å². The van der Waals surface area contributed by atoms with Gasteiger partial charge in [0.15, 0.2) is 0 Å². The van der Waals surface area contributed by atoms with Gasteiger partial charge in [-0.1, -0.05) is 12.1 Å². The van der Waals surface area contributed by atoms with Gasteiger partial charge in [0.1, 0.15) is 0 Å². The van der Waals surface area contributed by atoms with Crippen molar-refractivity contribution in [2.45, 2.75) is 0 Å². The first-order valence-corrected chi connectivity index (χ1v) is 6.51. The third-order valence-electron chi connectivity index (χ3n) is 3.40. The molecule has 3 rings (SSSR count). The Morgan fingerprint density at radius 2 is 1.73 bits per heavy atom. The third-order valence-corrected chi connectivity index (χ3v) is 3.40. The Hall–Kier alpha value is -3.22. The lowest BCUT2D eigenvalue weighted by atomic mass is 10.1. The van der Waals surface area contributed by atoms with Gasteiger partial charge in [-0.2, -0.15) is 0 Å². The van der Waals surface area contributed by atoms with E-state index in [-0.39, 0.29) is 12.4 Å². The molecule has 1 heterocycles. The summed E-state index contributed by atoms with van der Waals surface area (Å²) < 4.78 is 0. The average Bonchev–Trinajstić information content (AvgIpc) is 2.78. The van der Waals surface area contributed by atoms with E-state index in [9.17, 15) is 19.7 Å². The fourth-order valence-corrected chi connectivity index (χ4v) is 2.28. The summed E-state index contributed by atoms with van der Waals surface area (Å²) in [6.45, 7) is 0.111. The molecule has 110 valence electrons. The van der Waals surface area contributed by atoms with E-state index in [4.69, 9.17) is 0 Å².